The molecule has 0 spiro atoms. The number of carboxylic acid groups (broad SMARTS) is 1. The fraction of sp³-hybridized carbons (Fsp3) is 0.348. The van der Waals surface area contributed by atoms with Gasteiger partial charge in [-0.3, -0.25) is 9.00 Å². The van der Waals surface area contributed by atoms with E-state index in [4.69, 9.17) is 4.74 Å². The molecule has 0 heterocycles. The molecule has 9 heteroatoms. The number of hydrogen-bond donors (Lipinski definition) is 3. The van der Waals surface area contributed by atoms with Crippen LogP contribution in [-0.2, 0) is 31.7 Å². The van der Waals surface area contributed by atoms with Crippen molar-refractivity contribution in [3.05, 3.63) is 66.2 Å². The van der Waals surface area contributed by atoms with Crippen LogP contribution < -0.4 is 10.6 Å². The van der Waals surface area contributed by atoms with E-state index in [9.17, 15) is 23.7 Å². The first-order valence-corrected chi connectivity index (χ1v) is 11.5. The number of nitrogens with one attached hydrogen (secondary N) is 2. The van der Waals surface area contributed by atoms with E-state index in [1.807, 2.05) is 18.2 Å². The third-order valence-corrected chi connectivity index (χ3v) is 6.05. The lowest BCUT2D eigenvalue weighted by atomic mass is 10.0. The Morgan fingerprint density at radius 3 is 2.12 bits per heavy atom. The lowest BCUT2D eigenvalue weighted by Gasteiger charge is -2.23. The number of rotatable bonds is 11. The van der Waals surface area contributed by atoms with Gasteiger partial charge < -0.3 is 20.5 Å². The predicted molar refractivity (Wildman–Crippen MR) is 120 cm³/mol. The molecule has 0 fully saturated rings. The van der Waals surface area contributed by atoms with E-state index < -0.39 is 40.9 Å². The van der Waals surface area contributed by atoms with Crippen LogP contribution in [0.3, 0.4) is 0 Å². The summed E-state index contributed by atoms with van der Waals surface area (Å²) in [5.41, 5.74) is 0.797. The zero-order valence-corrected chi connectivity index (χ0v) is 18.8. The Morgan fingerprint density at radius 2 is 1.56 bits per heavy atom. The van der Waals surface area contributed by atoms with Gasteiger partial charge in [-0.15, -0.1) is 0 Å². The van der Waals surface area contributed by atoms with E-state index in [0.29, 0.717) is 4.90 Å². The molecular weight excluding hydrogens is 432 g/mol. The number of carbonyl (C=O) groups is 3. The van der Waals surface area contributed by atoms with Crippen LogP contribution in [0.2, 0.25) is 0 Å². The average Bonchev–Trinajstić information content (AvgIpc) is 2.79. The van der Waals surface area contributed by atoms with Gasteiger partial charge in [-0.1, -0.05) is 62.4 Å². The maximum atomic E-state index is 12.7. The summed E-state index contributed by atoms with van der Waals surface area (Å²) in [6.45, 7) is 3.49. The molecule has 0 saturated heterocycles. The molecule has 172 valence electrons. The normalized spacial score (nSPS) is 13.6. The summed E-state index contributed by atoms with van der Waals surface area (Å²) in [5.74, 6) is -2.13. The van der Waals surface area contributed by atoms with Gasteiger partial charge in [0.05, 0.1) is 10.8 Å². The minimum absolute atomic E-state index is 0.0220. The van der Waals surface area contributed by atoms with Crippen LogP contribution >= 0.6 is 0 Å². The Hall–Kier alpha value is -3.20. The first-order chi connectivity index (χ1) is 15.3. The van der Waals surface area contributed by atoms with Crippen molar-refractivity contribution in [1.29, 1.82) is 0 Å². The zero-order chi connectivity index (χ0) is 23.5. The summed E-state index contributed by atoms with van der Waals surface area (Å²) in [6, 6.07) is 15.6. The number of alkyl carbamates (subject to hydrolysis) is 1. The number of benzene rings is 2. The van der Waals surface area contributed by atoms with Gasteiger partial charge in [0, 0.05) is 10.6 Å². The maximum absolute atomic E-state index is 12.7. The van der Waals surface area contributed by atoms with E-state index in [0.717, 1.165) is 5.56 Å². The van der Waals surface area contributed by atoms with Crippen LogP contribution in [0.5, 0.6) is 0 Å². The summed E-state index contributed by atoms with van der Waals surface area (Å²) >= 11 is 0. The molecule has 2 aromatic rings. The lowest BCUT2D eigenvalue weighted by molar-refractivity contribution is -0.142. The van der Waals surface area contributed by atoms with Crippen molar-refractivity contribution in [2.45, 2.75) is 43.9 Å². The van der Waals surface area contributed by atoms with Gasteiger partial charge in [0.2, 0.25) is 5.91 Å². The highest BCUT2D eigenvalue weighted by Crippen LogP contribution is 2.09. The van der Waals surface area contributed by atoms with Gasteiger partial charge in [0.1, 0.15) is 18.7 Å². The van der Waals surface area contributed by atoms with Crippen molar-refractivity contribution in [3.63, 3.8) is 0 Å². The number of amides is 2. The molecule has 0 aliphatic heterocycles. The lowest BCUT2D eigenvalue weighted by Crippen LogP contribution is -2.54. The predicted octanol–water partition coefficient (Wildman–Crippen LogP) is 2.70. The molecule has 0 aromatic heterocycles. The van der Waals surface area contributed by atoms with Gasteiger partial charge in [-0.25, -0.2) is 9.59 Å². The summed E-state index contributed by atoms with van der Waals surface area (Å²) in [4.78, 5) is 37.1. The standard InChI is InChI=1S/C23H28N2O6S/c1-16(2)20(25-23(29)31-15-17-9-5-3-6-10-17)21(26)24-19(22(27)28)13-14-32(30)18-11-7-4-8-12-18/h3-12,16,19-20H,13-15H2,1-2H3,(H,24,26)(H,25,29)(H,27,28)/t19-,20-,32+/m0/s1. The minimum Gasteiger partial charge on any atom is -0.480 e. The van der Waals surface area contributed by atoms with Gasteiger partial charge >= 0.3 is 12.1 Å². The SMILES string of the molecule is CC(C)[C@H](NC(=O)OCc1ccccc1)C(=O)N[C@@H](CC[S@@](=O)c1ccccc1)C(=O)O. The van der Waals surface area contributed by atoms with Crippen LogP contribution in [0.1, 0.15) is 25.8 Å². The van der Waals surface area contributed by atoms with Crippen molar-refractivity contribution >= 4 is 28.8 Å². The Labute approximate surface area is 189 Å². The largest absolute Gasteiger partial charge is 0.480 e. The first kappa shape index (κ1) is 25.1. The molecule has 3 atom stereocenters. The molecule has 0 bridgehead atoms. The monoisotopic (exact) mass is 460 g/mol. The van der Waals surface area contributed by atoms with Crippen LogP contribution in [0.15, 0.2) is 65.6 Å². The zero-order valence-electron chi connectivity index (χ0n) is 18.0. The van der Waals surface area contributed by atoms with E-state index >= 15 is 0 Å². The minimum atomic E-state index is -1.39. The second kappa shape index (κ2) is 12.6. The second-order valence-electron chi connectivity index (χ2n) is 7.48. The number of aliphatic carboxylic acids is 1. The molecule has 0 radical (unpaired) electrons. The fourth-order valence-electron chi connectivity index (χ4n) is 2.86. The summed E-state index contributed by atoms with van der Waals surface area (Å²) in [7, 11) is -1.39. The van der Waals surface area contributed by atoms with Gasteiger partial charge in [0.25, 0.3) is 0 Å². The molecule has 2 aromatic carbocycles. The maximum Gasteiger partial charge on any atom is 0.408 e. The third kappa shape index (κ3) is 8.14. The highest BCUT2D eigenvalue weighted by atomic mass is 32.2. The van der Waals surface area contributed by atoms with E-state index in [1.165, 1.54) is 0 Å². The summed E-state index contributed by atoms with van der Waals surface area (Å²) in [5, 5.41) is 14.4. The number of ether oxygens (including phenoxy) is 1. The molecule has 0 unspecified atom stereocenters. The quantitative estimate of drug-likeness (QED) is 0.474. The highest BCUT2D eigenvalue weighted by molar-refractivity contribution is 7.85. The molecule has 0 saturated carbocycles. The van der Waals surface area contributed by atoms with Crippen LogP contribution in [0.25, 0.3) is 0 Å². The van der Waals surface area contributed by atoms with E-state index in [2.05, 4.69) is 10.6 Å². The molecule has 3 N–H and O–H groups in total. The van der Waals surface area contributed by atoms with Crippen molar-refractivity contribution in [3.8, 4) is 0 Å². The number of hydrogen-bond acceptors (Lipinski definition) is 5. The molecule has 2 amide bonds. The summed E-state index contributed by atoms with van der Waals surface area (Å²) in [6.07, 6.45) is -0.800. The summed E-state index contributed by atoms with van der Waals surface area (Å²) < 4.78 is 17.5. The van der Waals surface area contributed by atoms with Crippen molar-refractivity contribution in [1.82, 2.24) is 10.6 Å². The van der Waals surface area contributed by atoms with Crippen LogP contribution in [-0.4, -0.2) is 45.1 Å². The Bertz CT molecular complexity index is 921. The first-order valence-electron chi connectivity index (χ1n) is 10.2. The van der Waals surface area contributed by atoms with Crippen LogP contribution in [0.4, 0.5) is 4.79 Å². The molecule has 0 aliphatic rings. The topological polar surface area (TPSA) is 122 Å². The van der Waals surface area contributed by atoms with Crippen molar-refractivity contribution in [2.75, 3.05) is 5.75 Å². The van der Waals surface area contributed by atoms with Gasteiger partial charge in [-0.2, -0.15) is 0 Å². The second-order valence-corrected chi connectivity index (χ2v) is 9.05. The average molecular weight is 461 g/mol. The molecule has 0 aliphatic carbocycles. The van der Waals surface area contributed by atoms with Gasteiger partial charge in [0.15, 0.2) is 0 Å². The van der Waals surface area contributed by atoms with E-state index in [1.54, 1.807) is 56.3 Å². The van der Waals surface area contributed by atoms with Gasteiger partial charge in [-0.05, 0) is 30.0 Å². The van der Waals surface area contributed by atoms with E-state index in [-0.39, 0.29) is 24.7 Å². The Balaban J connectivity index is 1.92. The van der Waals surface area contributed by atoms with Crippen LogP contribution in [0, 0.1) is 5.92 Å². The third-order valence-electron chi connectivity index (χ3n) is 4.65. The molecule has 2 rings (SSSR count). The fourth-order valence-corrected chi connectivity index (χ4v) is 4.01. The van der Waals surface area contributed by atoms with Crippen molar-refractivity contribution < 1.29 is 28.4 Å². The number of carbonyl (C=O) groups excluding carboxylic acids is 2. The molecular formula is C23H28N2O6S. The highest BCUT2D eigenvalue weighted by Gasteiger charge is 2.29. The Morgan fingerprint density at radius 1 is 0.969 bits per heavy atom. The molecule has 8 nitrogen and oxygen atoms in total. The van der Waals surface area contributed by atoms with Crippen molar-refractivity contribution in [2.24, 2.45) is 5.92 Å². The molecule has 32 heavy (non-hydrogen) atoms. The smallest absolute Gasteiger partial charge is 0.408 e. The number of carboxylic acids is 1. The Kier molecular flexibility index (Phi) is 9.87.